The summed E-state index contributed by atoms with van der Waals surface area (Å²) in [7, 11) is 0. The van der Waals surface area contributed by atoms with Gasteiger partial charge in [0.2, 0.25) is 0 Å². The normalized spacial score (nSPS) is 20.4. The second-order valence-corrected chi connectivity index (χ2v) is 10.3. The number of carboxylic acid groups (broad SMARTS) is 1. The van der Waals surface area contributed by atoms with Crippen LogP contribution in [-0.4, -0.2) is 44.4 Å². The number of rotatable bonds is 4. The molecule has 0 spiro atoms. The maximum atomic E-state index is 12.3. The second kappa shape index (κ2) is 8.32. The molecule has 3 atom stereocenters. The van der Waals surface area contributed by atoms with E-state index in [1.54, 1.807) is 12.3 Å². The average molecular weight is 474 g/mol. The molecule has 2 aliphatic heterocycles. The van der Waals surface area contributed by atoms with Gasteiger partial charge in [-0.1, -0.05) is 44.1 Å². The third-order valence-corrected chi connectivity index (χ3v) is 7.16. The van der Waals surface area contributed by atoms with Crippen LogP contribution in [0, 0.1) is 5.41 Å². The fraction of sp³-hybridized carbons (Fsp3) is 0.400. The zero-order valence-corrected chi connectivity index (χ0v) is 19.8. The molecule has 0 aliphatic carbocycles. The first-order valence-corrected chi connectivity index (χ1v) is 11.6. The van der Waals surface area contributed by atoms with E-state index in [0.717, 1.165) is 27.6 Å². The third kappa shape index (κ3) is 3.85. The molecule has 0 saturated carbocycles. The summed E-state index contributed by atoms with van der Waals surface area (Å²) in [6, 6.07) is 8.54. The number of carbonyl (C=O) groups excluding carboxylic acids is 1. The Bertz CT molecular complexity index is 1380. The Morgan fingerprint density at radius 1 is 1.31 bits per heavy atom. The number of nitrogens with zero attached hydrogens (tertiary/aromatic N) is 6. The van der Waals surface area contributed by atoms with Crippen LogP contribution in [0.2, 0.25) is 0 Å². The van der Waals surface area contributed by atoms with Crippen LogP contribution in [0.25, 0.3) is 21.2 Å². The molecular weight excluding hydrogens is 446 g/mol. The molecule has 10 nitrogen and oxygen atoms in total. The lowest BCUT2D eigenvalue weighted by Crippen LogP contribution is -2.51. The minimum atomic E-state index is -0.895. The van der Waals surface area contributed by atoms with Crippen LogP contribution in [0.5, 0.6) is 0 Å². The minimum Gasteiger partial charge on any atom is -0.465 e. The van der Waals surface area contributed by atoms with Gasteiger partial charge in [-0.2, -0.15) is 5.10 Å². The van der Waals surface area contributed by atoms with Crippen molar-refractivity contribution < 1.29 is 14.7 Å². The number of hydrogen-bond donors (Lipinski definition) is 2. The van der Waals surface area contributed by atoms with Crippen LogP contribution in [0.1, 0.15) is 67.2 Å². The Balaban J connectivity index is 1.50. The van der Waals surface area contributed by atoms with Gasteiger partial charge in [0.15, 0.2) is 0 Å². The molecule has 3 aromatic rings. The molecule has 180 valence electrons. The van der Waals surface area contributed by atoms with Crippen molar-refractivity contribution in [1.82, 2.24) is 14.7 Å². The minimum absolute atomic E-state index is 0.0323. The summed E-state index contributed by atoms with van der Waals surface area (Å²) in [5.41, 5.74) is 12.0. The third-order valence-electron chi connectivity index (χ3n) is 7.16. The summed E-state index contributed by atoms with van der Waals surface area (Å²) >= 11 is 0. The van der Waals surface area contributed by atoms with Crippen molar-refractivity contribution >= 4 is 28.5 Å². The van der Waals surface area contributed by atoms with E-state index in [1.807, 2.05) is 35.1 Å². The van der Waals surface area contributed by atoms with E-state index in [0.29, 0.717) is 24.9 Å². The summed E-state index contributed by atoms with van der Waals surface area (Å²) in [5, 5.41) is 22.9. The van der Waals surface area contributed by atoms with Crippen LogP contribution in [0.3, 0.4) is 0 Å². The highest BCUT2D eigenvalue weighted by Crippen LogP contribution is 2.41. The number of amides is 2. The van der Waals surface area contributed by atoms with Gasteiger partial charge in [-0.3, -0.25) is 9.48 Å². The second-order valence-electron chi connectivity index (χ2n) is 10.3. The first-order valence-electron chi connectivity index (χ1n) is 11.6. The molecule has 3 unspecified atom stereocenters. The van der Waals surface area contributed by atoms with Gasteiger partial charge in [0.1, 0.15) is 0 Å². The molecule has 3 heterocycles. The Morgan fingerprint density at radius 3 is 2.83 bits per heavy atom. The smallest absolute Gasteiger partial charge is 0.407 e. The molecule has 0 bridgehead atoms. The number of likely N-dealkylation sites (tertiary alicyclic amines) is 1. The molecule has 35 heavy (non-hydrogen) atoms. The van der Waals surface area contributed by atoms with E-state index in [-0.39, 0.29) is 23.4 Å². The predicted molar refractivity (Wildman–Crippen MR) is 131 cm³/mol. The molecule has 1 fully saturated rings. The van der Waals surface area contributed by atoms with Crippen LogP contribution in [0.15, 0.2) is 47.8 Å². The zero-order valence-electron chi connectivity index (χ0n) is 19.8. The van der Waals surface area contributed by atoms with Gasteiger partial charge < -0.3 is 15.3 Å². The van der Waals surface area contributed by atoms with E-state index < -0.39 is 12.1 Å². The predicted octanol–water partition coefficient (Wildman–Crippen LogP) is 5.73. The summed E-state index contributed by atoms with van der Waals surface area (Å²) in [4.78, 5) is 28.7. The molecule has 1 saturated heterocycles. The summed E-state index contributed by atoms with van der Waals surface area (Å²) < 4.78 is 1.87. The standard InChI is InChI=1S/C25H27N7O3/c1-25(2,3)20-11-15(9-10-31(20)24(34)35)32-13-14(12-27-32)22(29-30-26)17-7-8-19-21-16(17)5-4-6-18(21)23(33)28-19/h4-8,12-13,15,20,22H,9-11H2,1-3H3,(H,28,33)(H,34,35). The number of nitrogens with one attached hydrogen (secondary N) is 1. The summed E-state index contributed by atoms with van der Waals surface area (Å²) in [5.74, 6) is -0.142. The molecule has 2 amide bonds. The van der Waals surface area contributed by atoms with E-state index in [9.17, 15) is 20.2 Å². The molecule has 2 aromatic carbocycles. The van der Waals surface area contributed by atoms with Crippen molar-refractivity contribution in [1.29, 1.82) is 0 Å². The number of carbonyl (C=O) groups is 2. The number of aromatic nitrogens is 2. The first-order chi connectivity index (χ1) is 16.7. The molecule has 0 radical (unpaired) electrons. The van der Waals surface area contributed by atoms with Gasteiger partial charge in [-0.15, -0.1) is 0 Å². The maximum absolute atomic E-state index is 12.3. The SMILES string of the molecule is CC(C)(C)C1CC(n2cc(C(N=[N+]=[N-])c3ccc4c5c(cccc35)C(=O)N4)cn2)CCN1C(=O)O. The topological polar surface area (TPSA) is 136 Å². The fourth-order valence-electron chi connectivity index (χ4n) is 5.44. The average Bonchev–Trinajstić information content (AvgIpc) is 3.43. The number of benzene rings is 2. The monoisotopic (exact) mass is 473 g/mol. The molecule has 1 aromatic heterocycles. The molecule has 2 N–H and O–H groups in total. The van der Waals surface area contributed by atoms with E-state index in [1.165, 1.54) is 4.90 Å². The van der Waals surface area contributed by atoms with Crippen LogP contribution in [-0.2, 0) is 0 Å². The lowest BCUT2D eigenvalue weighted by atomic mass is 9.79. The van der Waals surface area contributed by atoms with Gasteiger partial charge >= 0.3 is 6.09 Å². The Kier molecular flexibility index (Phi) is 5.40. The van der Waals surface area contributed by atoms with Gasteiger partial charge in [-0.05, 0) is 46.9 Å². The van der Waals surface area contributed by atoms with E-state index in [4.69, 9.17) is 0 Å². The van der Waals surface area contributed by atoms with Crippen molar-refractivity contribution in [2.75, 3.05) is 11.9 Å². The fourth-order valence-corrected chi connectivity index (χ4v) is 5.44. The van der Waals surface area contributed by atoms with Gasteiger partial charge in [0.05, 0.1) is 18.3 Å². The Hall–Kier alpha value is -4.04. The summed E-state index contributed by atoms with van der Waals surface area (Å²) in [6.07, 6.45) is 4.01. The largest absolute Gasteiger partial charge is 0.465 e. The first kappa shape index (κ1) is 22.7. The number of azide groups is 1. The molecule has 10 heteroatoms. The molecule has 2 aliphatic rings. The van der Waals surface area contributed by atoms with Crippen molar-refractivity contribution in [3.63, 3.8) is 0 Å². The Labute approximate surface area is 202 Å². The number of piperidine rings is 1. The van der Waals surface area contributed by atoms with E-state index in [2.05, 4.69) is 41.2 Å². The maximum Gasteiger partial charge on any atom is 0.407 e. The van der Waals surface area contributed by atoms with Gasteiger partial charge in [0.25, 0.3) is 5.91 Å². The number of hydrogen-bond acceptors (Lipinski definition) is 4. The van der Waals surface area contributed by atoms with Gasteiger partial charge in [0, 0.05) is 45.9 Å². The quantitative estimate of drug-likeness (QED) is 0.284. The van der Waals surface area contributed by atoms with Crippen LogP contribution in [0.4, 0.5) is 10.5 Å². The summed E-state index contributed by atoms with van der Waals surface area (Å²) in [6.45, 7) is 6.60. The highest BCUT2D eigenvalue weighted by atomic mass is 16.4. The van der Waals surface area contributed by atoms with Crippen LogP contribution >= 0.6 is 0 Å². The highest BCUT2D eigenvalue weighted by molar-refractivity contribution is 6.24. The highest BCUT2D eigenvalue weighted by Gasteiger charge is 2.39. The number of anilines is 1. The lowest BCUT2D eigenvalue weighted by molar-refractivity contribution is 0.0408. The van der Waals surface area contributed by atoms with Crippen molar-refractivity contribution in [2.24, 2.45) is 10.5 Å². The van der Waals surface area contributed by atoms with E-state index >= 15 is 0 Å². The van der Waals surface area contributed by atoms with Crippen molar-refractivity contribution in [3.05, 3.63) is 69.9 Å². The van der Waals surface area contributed by atoms with Crippen LogP contribution < -0.4 is 5.32 Å². The Morgan fingerprint density at radius 2 is 2.11 bits per heavy atom. The molecular formula is C25H27N7O3. The molecule has 5 rings (SSSR count). The van der Waals surface area contributed by atoms with Gasteiger partial charge in [-0.25, -0.2) is 4.79 Å². The van der Waals surface area contributed by atoms with Crippen molar-refractivity contribution in [3.8, 4) is 0 Å². The zero-order chi connectivity index (χ0) is 24.9. The lowest BCUT2D eigenvalue weighted by Gasteiger charge is -2.44. The van der Waals surface area contributed by atoms with Crippen molar-refractivity contribution in [2.45, 2.75) is 51.7 Å².